The van der Waals surface area contributed by atoms with Gasteiger partial charge in [0.05, 0.1) is 6.54 Å². The zero-order valence-corrected chi connectivity index (χ0v) is 15.4. The Bertz CT molecular complexity index is 661. The van der Waals surface area contributed by atoms with E-state index in [0.717, 1.165) is 62.1 Å². The van der Waals surface area contributed by atoms with Crippen LogP contribution in [0.2, 0.25) is 0 Å². The Balaban J connectivity index is 1.37. The second-order valence-electron chi connectivity index (χ2n) is 7.34. The van der Waals surface area contributed by atoms with Crippen LogP contribution in [0.3, 0.4) is 0 Å². The molecule has 0 spiro atoms. The summed E-state index contributed by atoms with van der Waals surface area (Å²) in [5.41, 5.74) is 0.832. The van der Waals surface area contributed by atoms with Crippen molar-refractivity contribution < 1.29 is 8.81 Å². The molecule has 1 aliphatic rings. The SMILES string of the molecule is Cc1ccc(CN(C)CC2CCN(CCc3ccccc3F)CC2)o1. The van der Waals surface area contributed by atoms with Gasteiger partial charge in [0.15, 0.2) is 0 Å². The number of nitrogens with zero attached hydrogens (tertiary/aromatic N) is 2. The Kier molecular flexibility index (Phi) is 6.27. The van der Waals surface area contributed by atoms with Gasteiger partial charge >= 0.3 is 0 Å². The molecule has 4 heteroatoms. The second-order valence-corrected chi connectivity index (χ2v) is 7.34. The number of aryl methyl sites for hydroxylation is 1. The van der Waals surface area contributed by atoms with Gasteiger partial charge in [-0.2, -0.15) is 0 Å². The van der Waals surface area contributed by atoms with Crippen LogP contribution in [-0.4, -0.2) is 43.0 Å². The summed E-state index contributed by atoms with van der Waals surface area (Å²) in [7, 11) is 2.17. The van der Waals surface area contributed by atoms with Crippen LogP contribution < -0.4 is 0 Å². The van der Waals surface area contributed by atoms with E-state index in [0.29, 0.717) is 0 Å². The largest absolute Gasteiger partial charge is 0.465 e. The summed E-state index contributed by atoms with van der Waals surface area (Å²) in [6.45, 7) is 7.16. The first-order chi connectivity index (χ1) is 12.1. The molecule has 0 saturated carbocycles. The van der Waals surface area contributed by atoms with E-state index in [1.54, 1.807) is 12.1 Å². The third-order valence-corrected chi connectivity index (χ3v) is 5.15. The van der Waals surface area contributed by atoms with Crippen LogP contribution in [-0.2, 0) is 13.0 Å². The summed E-state index contributed by atoms with van der Waals surface area (Å²) < 4.78 is 19.4. The number of halogens is 1. The van der Waals surface area contributed by atoms with Crippen molar-refractivity contribution in [2.24, 2.45) is 5.92 Å². The number of furan rings is 1. The molecule has 1 aliphatic heterocycles. The molecule has 0 aliphatic carbocycles. The van der Waals surface area contributed by atoms with E-state index in [1.807, 2.05) is 25.1 Å². The minimum absolute atomic E-state index is 0.0767. The van der Waals surface area contributed by atoms with Crippen molar-refractivity contribution >= 4 is 0 Å². The van der Waals surface area contributed by atoms with Gasteiger partial charge in [0, 0.05) is 13.1 Å². The topological polar surface area (TPSA) is 19.6 Å². The van der Waals surface area contributed by atoms with E-state index >= 15 is 0 Å². The molecule has 2 aromatic rings. The number of hydrogen-bond donors (Lipinski definition) is 0. The highest BCUT2D eigenvalue weighted by molar-refractivity contribution is 5.17. The molecule has 3 nitrogen and oxygen atoms in total. The number of hydrogen-bond acceptors (Lipinski definition) is 3. The molecular weight excluding hydrogens is 315 g/mol. The maximum Gasteiger partial charge on any atom is 0.126 e. The van der Waals surface area contributed by atoms with Gasteiger partial charge in [0.1, 0.15) is 17.3 Å². The molecule has 0 radical (unpaired) electrons. The van der Waals surface area contributed by atoms with Crippen molar-refractivity contribution in [2.45, 2.75) is 32.7 Å². The van der Waals surface area contributed by atoms with E-state index in [4.69, 9.17) is 4.42 Å². The molecule has 1 aromatic heterocycles. The van der Waals surface area contributed by atoms with Crippen molar-refractivity contribution in [1.29, 1.82) is 0 Å². The van der Waals surface area contributed by atoms with Crippen LogP contribution in [0.5, 0.6) is 0 Å². The average Bonchev–Trinajstić information content (AvgIpc) is 3.00. The third-order valence-electron chi connectivity index (χ3n) is 5.15. The summed E-state index contributed by atoms with van der Waals surface area (Å²) in [6, 6.07) is 11.2. The van der Waals surface area contributed by atoms with Crippen molar-refractivity contribution in [1.82, 2.24) is 9.80 Å². The fourth-order valence-electron chi connectivity index (χ4n) is 3.71. The maximum atomic E-state index is 13.7. The molecule has 0 amide bonds. The van der Waals surface area contributed by atoms with Gasteiger partial charge in [-0.3, -0.25) is 4.90 Å². The van der Waals surface area contributed by atoms with Crippen LogP contribution in [0.15, 0.2) is 40.8 Å². The Labute approximate surface area is 150 Å². The maximum absolute atomic E-state index is 13.7. The van der Waals surface area contributed by atoms with Crippen molar-refractivity contribution in [2.75, 3.05) is 33.2 Å². The fourth-order valence-corrected chi connectivity index (χ4v) is 3.71. The molecular formula is C21H29FN2O. The van der Waals surface area contributed by atoms with E-state index in [2.05, 4.69) is 22.9 Å². The van der Waals surface area contributed by atoms with Gasteiger partial charge in [-0.15, -0.1) is 0 Å². The molecule has 1 saturated heterocycles. The van der Waals surface area contributed by atoms with Crippen LogP contribution in [0.1, 0.15) is 29.9 Å². The monoisotopic (exact) mass is 344 g/mol. The number of benzene rings is 1. The van der Waals surface area contributed by atoms with Crippen LogP contribution in [0.25, 0.3) is 0 Å². The Morgan fingerprint density at radius 1 is 1.16 bits per heavy atom. The molecule has 3 rings (SSSR count). The zero-order valence-electron chi connectivity index (χ0n) is 15.4. The summed E-state index contributed by atoms with van der Waals surface area (Å²) >= 11 is 0. The predicted octanol–water partition coefficient (Wildman–Crippen LogP) is 4.11. The van der Waals surface area contributed by atoms with E-state index in [1.165, 1.54) is 12.8 Å². The van der Waals surface area contributed by atoms with Crippen molar-refractivity contribution in [3.8, 4) is 0 Å². The second kappa shape index (κ2) is 8.63. The molecule has 0 atom stereocenters. The Morgan fingerprint density at radius 2 is 1.92 bits per heavy atom. The zero-order chi connectivity index (χ0) is 17.6. The third kappa shape index (κ3) is 5.41. The minimum Gasteiger partial charge on any atom is -0.465 e. The van der Waals surface area contributed by atoms with Crippen molar-refractivity contribution in [3.05, 3.63) is 59.3 Å². The standard InChI is InChI=1S/C21H29FN2O/c1-17-7-8-20(25-17)16-23(2)15-18-9-12-24(13-10-18)14-11-19-5-3-4-6-21(19)22/h3-8,18H,9-16H2,1-2H3. The summed E-state index contributed by atoms with van der Waals surface area (Å²) in [5, 5.41) is 0. The highest BCUT2D eigenvalue weighted by Crippen LogP contribution is 2.20. The van der Waals surface area contributed by atoms with Crippen molar-refractivity contribution in [3.63, 3.8) is 0 Å². The lowest BCUT2D eigenvalue weighted by Gasteiger charge is -2.33. The van der Waals surface area contributed by atoms with Gasteiger partial charge in [0.2, 0.25) is 0 Å². The summed E-state index contributed by atoms with van der Waals surface area (Å²) in [4.78, 5) is 4.83. The number of piperidine rings is 1. The molecule has 1 fully saturated rings. The predicted molar refractivity (Wildman–Crippen MR) is 99.0 cm³/mol. The first-order valence-corrected chi connectivity index (χ1v) is 9.30. The van der Waals surface area contributed by atoms with E-state index < -0.39 is 0 Å². The summed E-state index contributed by atoms with van der Waals surface area (Å²) in [5.74, 6) is 2.69. The van der Waals surface area contributed by atoms with Crippen LogP contribution in [0.4, 0.5) is 4.39 Å². The molecule has 25 heavy (non-hydrogen) atoms. The lowest BCUT2D eigenvalue weighted by Crippen LogP contribution is -2.38. The average molecular weight is 344 g/mol. The first kappa shape index (κ1) is 18.2. The van der Waals surface area contributed by atoms with E-state index in [-0.39, 0.29) is 5.82 Å². The van der Waals surface area contributed by atoms with Crippen LogP contribution >= 0.6 is 0 Å². The Hall–Kier alpha value is -1.65. The van der Waals surface area contributed by atoms with Crippen LogP contribution in [0, 0.1) is 18.7 Å². The lowest BCUT2D eigenvalue weighted by molar-refractivity contribution is 0.149. The number of rotatable bonds is 7. The summed E-state index contributed by atoms with van der Waals surface area (Å²) in [6.07, 6.45) is 3.24. The molecule has 0 N–H and O–H groups in total. The normalized spacial score (nSPS) is 16.6. The van der Waals surface area contributed by atoms with E-state index in [9.17, 15) is 4.39 Å². The quantitative estimate of drug-likeness (QED) is 0.753. The van der Waals surface area contributed by atoms with Gasteiger partial charge < -0.3 is 9.32 Å². The molecule has 0 unspecified atom stereocenters. The molecule has 2 heterocycles. The smallest absolute Gasteiger partial charge is 0.126 e. The van der Waals surface area contributed by atoms with Gasteiger partial charge in [-0.05, 0) is 76.0 Å². The van der Waals surface area contributed by atoms with Gasteiger partial charge in [0.25, 0.3) is 0 Å². The highest BCUT2D eigenvalue weighted by atomic mass is 19.1. The van der Waals surface area contributed by atoms with Gasteiger partial charge in [-0.1, -0.05) is 18.2 Å². The minimum atomic E-state index is -0.0767. The first-order valence-electron chi connectivity index (χ1n) is 9.30. The molecule has 0 bridgehead atoms. The Morgan fingerprint density at radius 3 is 2.60 bits per heavy atom. The molecule has 136 valence electrons. The fraction of sp³-hybridized carbons (Fsp3) is 0.524. The van der Waals surface area contributed by atoms with Gasteiger partial charge in [-0.25, -0.2) is 4.39 Å². The lowest BCUT2D eigenvalue weighted by atomic mass is 9.96. The highest BCUT2D eigenvalue weighted by Gasteiger charge is 2.20. The number of likely N-dealkylation sites (tertiary alicyclic amines) is 1. The molecule has 1 aromatic carbocycles.